The number of anilines is 1. The number of carbonyl (C=O) groups is 1. The Morgan fingerprint density at radius 2 is 1.81 bits per heavy atom. The van der Waals surface area contributed by atoms with Crippen molar-refractivity contribution in [3.05, 3.63) is 94.0 Å². The minimum Gasteiger partial charge on any atom is -0.490 e. The molecule has 0 heterocycles. The lowest BCUT2D eigenvalue weighted by Crippen LogP contribution is -2.13. The van der Waals surface area contributed by atoms with Crippen molar-refractivity contribution in [1.29, 1.82) is 5.26 Å². The van der Waals surface area contributed by atoms with E-state index in [9.17, 15) is 10.1 Å². The molecule has 0 aromatic heterocycles. The first-order chi connectivity index (χ1) is 15.5. The lowest BCUT2D eigenvalue weighted by atomic mass is 10.1. The second-order valence-electron chi connectivity index (χ2n) is 7.01. The van der Waals surface area contributed by atoms with Crippen LogP contribution in [0.15, 0.2) is 72.3 Å². The zero-order chi connectivity index (χ0) is 22.9. The van der Waals surface area contributed by atoms with Crippen molar-refractivity contribution >= 4 is 29.3 Å². The van der Waals surface area contributed by atoms with Crippen molar-refractivity contribution in [3.8, 4) is 17.6 Å². The van der Waals surface area contributed by atoms with Crippen LogP contribution in [-0.4, -0.2) is 12.5 Å². The predicted molar refractivity (Wildman–Crippen MR) is 127 cm³/mol. The van der Waals surface area contributed by atoms with Gasteiger partial charge in [0, 0.05) is 16.3 Å². The van der Waals surface area contributed by atoms with Gasteiger partial charge in [-0.15, -0.1) is 0 Å². The minimum atomic E-state index is -0.478. The number of carbonyl (C=O) groups excluding carboxylic acids is 1. The summed E-state index contributed by atoms with van der Waals surface area (Å²) < 4.78 is 11.6. The average Bonchev–Trinajstić information content (AvgIpc) is 2.79. The van der Waals surface area contributed by atoms with Crippen molar-refractivity contribution < 1.29 is 14.3 Å². The second kappa shape index (κ2) is 11.0. The topological polar surface area (TPSA) is 71.3 Å². The molecule has 0 saturated heterocycles. The second-order valence-corrected chi connectivity index (χ2v) is 7.42. The Morgan fingerprint density at radius 3 is 2.50 bits per heavy atom. The predicted octanol–water partition coefficient (Wildman–Crippen LogP) is 6.17. The molecule has 3 aromatic carbocycles. The van der Waals surface area contributed by atoms with Crippen LogP contribution in [0.5, 0.6) is 11.5 Å². The molecule has 6 heteroatoms. The number of amides is 1. The van der Waals surface area contributed by atoms with Crippen LogP contribution < -0.4 is 14.8 Å². The Kier molecular flexibility index (Phi) is 7.91. The number of aryl methyl sites for hydroxylation is 1. The molecule has 0 aliphatic carbocycles. The number of nitriles is 1. The first-order valence-electron chi connectivity index (χ1n) is 10.1. The fraction of sp³-hybridized carbons (Fsp3) is 0.154. The summed E-state index contributed by atoms with van der Waals surface area (Å²) in [5.41, 5.74) is 3.20. The zero-order valence-electron chi connectivity index (χ0n) is 17.9. The van der Waals surface area contributed by atoms with Gasteiger partial charge in [-0.2, -0.15) is 5.26 Å². The number of nitrogens with zero attached hydrogens (tertiary/aromatic N) is 1. The Balaban J connectivity index is 1.78. The molecule has 0 atom stereocenters. The summed E-state index contributed by atoms with van der Waals surface area (Å²) in [5.74, 6) is 0.587. The first kappa shape index (κ1) is 22.9. The lowest BCUT2D eigenvalue weighted by Gasteiger charge is -2.13. The molecule has 3 aromatic rings. The molecular weight excluding hydrogens is 424 g/mol. The highest BCUT2D eigenvalue weighted by Gasteiger charge is 2.12. The van der Waals surface area contributed by atoms with E-state index in [2.05, 4.69) is 5.32 Å². The third-order valence-electron chi connectivity index (χ3n) is 4.59. The van der Waals surface area contributed by atoms with Crippen LogP contribution in [0.25, 0.3) is 6.08 Å². The molecule has 0 spiro atoms. The van der Waals surface area contributed by atoms with E-state index in [0.29, 0.717) is 34.4 Å². The fourth-order valence-electron chi connectivity index (χ4n) is 2.92. The molecule has 5 nitrogen and oxygen atoms in total. The van der Waals surface area contributed by atoms with Crippen molar-refractivity contribution in [3.63, 3.8) is 0 Å². The molecule has 0 radical (unpaired) electrons. The van der Waals surface area contributed by atoms with Gasteiger partial charge in [0.15, 0.2) is 11.5 Å². The van der Waals surface area contributed by atoms with E-state index in [1.807, 2.05) is 56.3 Å². The SMILES string of the molecule is CCOc1cc(/C=C(\C#N)C(=O)Nc2ccc(C)cc2)ccc1OCc1ccccc1Cl. The highest BCUT2D eigenvalue weighted by atomic mass is 35.5. The number of ether oxygens (including phenoxy) is 2. The summed E-state index contributed by atoms with van der Waals surface area (Å²) in [7, 11) is 0. The smallest absolute Gasteiger partial charge is 0.266 e. The monoisotopic (exact) mass is 446 g/mol. The molecule has 162 valence electrons. The van der Waals surface area contributed by atoms with E-state index in [1.165, 1.54) is 6.08 Å². The minimum absolute atomic E-state index is 0.0160. The number of hydrogen-bond donors (Lipinski definition) is 1. The quantitative estimate of drug-likeness (QED) is 0.331. The Morgan fingerprint density at radius 1 is 1.06 bits per heavy atom. The lowest BCUT2D eigenvalue weighted by molar-refractivity contribution is -0.112. The van der Waals surface area contributed by atoms with Crippen LogP contribution in [0.3, 0.4) is 0 Å². The molecule has 0 bridgehead atoms. The maximum atomic E-state index is 12.5. The Hall–Kier alpha value is -3.75. The van der Waals surface area contributed by atoms with Crippen LogP contribution in [0.4, 0.5) is 5.69 Å². The zero-order valence-corrected chi connectivity index (χ0v) is 18.6. The van der Waals surface area contributed by atoms with Gasteiger partial charge in [-0.05, 0) is 55.8 Å². The number of benzene rings is 3. The van der Waals surface area contributed by atoms with E-state index in [0.717, 1.165) is 11.1 Å². The van der Waals surface area contributed by atoms with Crippen molar-refractivity contribution in [2.45, 2.75) is 20.5 Å². The van der Waals surface area contributed by atoms with Gasteiger partial charge in [0.05, 0.1) is 6.61 Å². The van der Waals surface area contributed by atoms with Crippen LogP contribution >= 0.6 is 11.6 Å². The molecular formula is C26H23ClN2O3. The maximum absolute atomic E-state index is 12.5. The molecule has 3 rings (SSSR count). The van der Waals surface area contributed by atoms with E-state index in [-0.39, 0.29) is 12.2 Å². The highest BCUT2D eigenvalue weighted by Crippen LogP contribution is 2.31. The third kappa shape index (κ3) is 6.13. The van der Waals surface area contributed by atoms with E-state index in [1.54, 1.807) is 30.3 Å². The summed E-state index contributed by atoms with van der Waals surface area (Å²) in [6, 6.07) is 22.0. The Labute approximate surface area is 192 Å². The number of halogens is 1. The number of rotatable bonds is 8. The summed E-state index contributed by atoms with van der Waals surface area (Å²) in [4.78, 5) is 12.5. The van der Waals surface area contributed by atoms with Crippen LogP contribution in [0.2, 0.25) is 5.02 Å². The fourth-order valence-corrected chi connectivity index (χ4v) is 3.11. The van der Waals surface area contributed by atoms with Crippen molar-refractivity contribution in [2.75, 3.05) is 11.9 Å². The van der Waals surface area contributed by atoms with Gasteiger partial charge in [0.2, 0.25) is 0 Å². The van der Waals surface area contributed by atoms with Crippen LogP contribution in [-0.2, 0) is 11.4 Å². The average molecular weight is 447 g/mol. The maximum Gasteiger partial charge on any atom is 0.266 e. The molecule has 0 aliphatic rings. The number of nitrogens with one attached hydrogen (secondary N) is 1. The summed E-state index contributed by atoms with van der Waals surface area (Å²) in [6.45, 7) is 4.56. The molecule has 1 N–H and O–H groups in total. The standard InChI is InChI=1S/C26H23ClN2O3/c1-3-31-25-15-19(10-13-24(25)32-17-20-6-4-5-7-23(20)27)14-21(16-28)26(30)29-22-11-8-18(2)9-12-22/h4-15H,3,17H2,1-2H3,(H,29,30)/b21-14+. The third-order valence-corrected chi connectivity index (χ3v) is 4.96. The van der Waals surface area contributed by atoms with Gasteiger partial charge in [-0.3, -0.25) is 4.79 Å². The molecule has 32 heavy (non-hydrogen) atoms. The molecule has 0 saturated carbocycles. The highest BCUT2D eigenvalue weighted by molar-refractivity contribution is 6.31. The molecule has 0 aliphatic heterocycles. The van der Waals surface area contributed by atoms with Gasteiger partial charge < -0.3 is 14.8 Å². The van der Waals surface area contributed by atoms with E-state index in [4.69, 9.17) is 21.1 Å². The summed E-state index contributed by atoms with van der Waals surface area (Å²) in [5, 5.41) is 12.9. The van der Waals surface area contributed by atoms with Gasteiger partial charge in [-0.1, -0.05) is 53.6 Å². The normalized spacial score (nSPS) is 10.9. The first-order valence-corrected chi connectivity index (χ1v) is 10.5. The molecule has 1 amide bonds. The summed E-state index contributed by atoms with van der Waals surface area (Å²) >= 11 is 6.20. The van der Waals surface area contributed by atoms with Crippen molar-refractivity contribution in [2.24, 2.45) is 0 Å². The van der Waals surface area contributed by atoms with Gasteiger partial charge in [-0.25, -0.2) is 0 Å². The van der Waals surface area contributed by atoms with Gasteiger partial charge >= 0.3 is 0 Å². The van der Waals surface area contributed by atoms with Crippen LogP contribution in [0, 0.1) is 18.3 Å². The summed E-state index contributed by atoms with van der Waals surface area (Å²) in [6.07, 6.45) is 1.52. The number of hydrogen-bond acceptors (Lipinski definition) is 4. The van der Waals surface area contributed by atoms with E-state index >= 15 is 0 Å². The molecule has 0 unspecified atom stereocenters. The van der Waals surface area contributed by atoms with Gasteiger partial charge in [0.25, 0.3) is 5.91 Å². The Bertz CT molecular complexity index is 1160. The van der Waals surface area contributed by atoms with Gasteiger partial charge in [0.1, 0.15) is 18.2 Å². The largest absolute Gasteiger partial charge is 0.490 e. The molecule has 0 fully saturated rings. The van der Waals surface area contributed by atoms with Crippen molar-refractivity contribution in [1.82, 2.24) is 0 Å². The van der Waals surface area contributed by atoms with Crippen LogP contribution in [0.1, 0.15) is 23.6 Å². The van der Waals surface area contributed by atoms with E-state index < -0.39 is 5.91 Å².